The first-order valence-electron chi connectivity index (χ1n) is 8.19. The maximum absolute atomic E-state index is 11.4. The smallest absolute Gasteiger partial charge is 0.246 e. The van der Waals surface area contributed by atoms with Gasteiger partial charge in [0.15, 0.2) is 0 Å². The molecule has 0 bridgehead atoms. The maximum Gasteiger partial charge on any atom is 0.246 e. The zero-order chi connectivity index (χ0) is 18.8. The highest BCUT2D eigenvalue weighted by atomic mass is 127. The molecule has 0 aromatic heterocycles. The maximum atomic E-state index is 11.4. The summed E-state index contributed by atoms with van der Waals surface area (Å²) in [7, 11) is 0. The predicted octanol–water partition coefficient (Wildman–Crippen LogP) is -0.770. The summed E-state index contributed by atoms with van der Waals surface area (Å²) in [4.78, 5) is 33.7. The average molecular weight is 473 g/mol. The van der Waals surface area contributed by atoms with Crippen LogP contribution in [0.5, 0.6) is 0 Å². The van der Waals surface area contributed by atoms with Crippen LogP contribution in [0.1, 0.15) is 13.3 Å². The van der Waals surface area contributed by atoms with Crippen molar-refractivity contribution in [2.45, 2.75) is 13.3 Å². The molecule has 0 aliphatic heterocycles. The first kappa shape index (κ1) is 24.0. The molecule has 0 fully saturated rings. The van der Waals surface area contributed by atoms with E-state index in [9.17, 15) is 14.4 Å². The summed E-state index contributed by atoms with van der Waals surface area (Å²) in [5.74, 6) is -0.476. The van der Waals surface area contributed by atoms with Gasteiger partial charge in [-0.1, -0.05) is 29.5 Å². The molecule has 3 N–H and O–H groups in total. The van der Waals surface area contributed by atoms with Crippen molar-refractivity contribution in [2.24, 2.45) is 0 Å². The van der Waals surface area contributed by atoms with E-state index >= 15 is 0 Å². The molecule has 0 aromatic rings. The second kappa shape index (κ2) is 17.8. The van der Waals surface area contributed by atoms with Crippen molar-refractivity contribution in [2.75, 3.05) is 63.7 Å². The summed E-state index contributed by atoms with van der Waals surface area (Å²) in [6, 6.07) is 0. The van der Waals surface area contributed by atoms with Crippen molar-refractivity contribution in [1.82, 2.24) is 16.0 Å². The normalized spacial score (nSPS) is 10.3. The van der Waals surface area contributed by atoms with Crippen LogP contribution in [-0.2, 0) is 28.6 Å². The Morgan fingerprint density at radius 1 is 0.720 bits per heavy atom. The summed E-state index contributed by atoms with van der Waals surface area (Å²) < 4.78 is 15.9. The van der Waals surface area contributed by atoms with E-state index in [0.717, 1.165) is 6.42 Å². The third kappa shape index (κ3) is 17.6. The number of amides is 3. The van der Waals surface area contributed by atoms with Crippen LogP contribution in [0.2, 0.25) is 0 Å². The zero-order valence-corrected chi connectivity index (χ0v) is 16.8. The lowest BCUT2D eigenvalue weighted by Gasteiger charge is -2.08. The summed E-state index contributed by atoms with van der Waals surface area (Å²) in [6.07, 6.45) is 0.879. The number of nitrogens with one attached hydrogen (secondary N) is 3. The van der Waals surface area contributed by atoms with E-state index in [1.807, 2.05) is 29.5 Å². The Labute approximate surface area is 162 Å². The molecule has 9 nitrogen and oxygen atoms in total. The molecule has 0 heterocycles. The van der Waals surface area contributed by atoms with Gasteiger partial charge in [-0.25, -0.2) is 0 Å². The van der Waals surface area contributed by atoms with Crippen LogP contribution in [0, 0.1) is 0 Å². The van der Waals surface area contributed by atoms with Gasteiger partial charge < -0.3 is 30.2 Å². The van der Waals surface area contributed by atoms with E-state index in [4.69, 9.17) is 14.2 Å². The molecule has 0 saturated carbocycles. The van der Waals surface area contributed by atoms with Gasteiger partial charge in [-0.2, -0.15) is 0 Å². The Hall–Kier alpha value is -0.980. The first-order valence-corrected chi connectivity index (χ1v) is 9.72. The Bertz CT molecular complexity index is 384. The van der Waals surface area contributed by atoms with Gasteiger partial charge in [0, 0.05) is 26.2 Å². The number of ether oxygens (including phenoxy) is 3. The second-order valence-electron chi connectivity index (χ2n) is 4.90. The van der Waals surface area contributed by atoms with Gasteiger partial charge >= 0.3 is 0 Å². The van der Waals surface area contributed by atoms with Crippen LogP contribution in [0.4, 0.5) is 0 Å². The standard InChI is InChI=1S/C15H28IN3O6/c1-2-6-24-11-15(22)19-5-7-23-8-9-25-12-14(21)18-4-3-17-13(20)10-16/h2-12H2,1H3,(H,17,20)(H,18,21)(H,19,22). The summed E-state index contributed by atoms with van der Waals surface area (Å²) in [6.45, 7) is 4.70. The number of hydrogen-bond donors (Lipinski definition) is 3. The number of rotatable bonds is 16. The van der Waals surface area contributed by atoms with Gasteiger partial charge in [0.25, 0.3) is 0 Å². The Kier molecular flexibility index (Phi) is 17.1. The van der Waals surface area contributed by atoms with Crippen molar-refractivity contribution >= 4 is 40.3 Å². The lowest BCUT2D eigenvalue weighted by molar-refractivity contribution is -0.127. The van der Waals surface area contributed by atoms with Gasteiger partial charge in [-0.3, -0.25) is 14.4 Å². The lowest BCUT2D eigenvalue weighted by atomic mass is 10.5. The number of carbonyl (C=O) groups is 3. The highest BCUT2D eigenvalue weighted by Crippen LogP contribution is 1.82. The summed E-state index contributed by atoms with van der Waals surface area (Å²) in [5.41, 5.74) is 0. The molecule has 0 rings (SSSR count). The number of hydrogen-bond acceptors (Lipinski definition) is 6. The number of alkyl halides is 1. The molecular formula is C15H28IN3O6. The van der Waals surface area contributed by atoms with E-state index in [1.165, 1.54) is 0 Å². The molecule has 25 heavy (non-hydrogen) atoms. The Balaban J connectivity index is 3.30. The molecule has 0 saturated heterocycles. The van der Waals surface area contributed by atoms with Crippen molar-refractivity contribution in [3.8, 4) is 0 Å². The van der Waals surface area contributed by atoms with Gasteiger partial charge in [0.2, 0.25) is 17.7 Å². The second-order valence-corrected chi connectivity index (χ2v) is 5.66. The molecule has 0 aliphatic rings. The highest BCUT2D eigenvalue weighted by molar-refractivity contribution is 14.1. The fraction of sp³-hybridized carbons (Fsp3) is 0.800. The number of carbonyl (C=O) groups excluding carboxylic acids is 3. The minimum absolute atomic E-state index is 0.0604. The van der Waals surface area contributed by atoms with Crippen LogP contribution < -0.4 is 16.0 Å². The minimum Gasteiger partial charge on any atom is -0.377 e. The quantitative estimate of drug-likeness (QED) is 0.154. The molecular weight excluding hydrogens is 445 g/mol. The molecule has 0 spiro atoms. The minimum atomic E-state index is -0.247. The third-order valence-electron chi connectivity index (χ3n) is 2.65. The van der Waals surface area contributed by atoms with E-state index in [2.05, 4.69) is 16.0 Å². The molecule has 0 aromatic carbocycles. The van der Waals surface area contributed by atoms with Crippen molar-refractivity contribution in [3.63, 3.8) is 0 Å². The zero-order valence-electron chi connectivity index (χ0n) is 14.6. The predicted molar refractivity (Wildman–Crippen MR) is 101 cm³/mol. The van der Waals surface area contributed by atoms with Crippen LogP contribution >= 0.6 is 22.6 Å². The fourth-order valence-electron chi connectivity index (χ4n) is 1.51. The summed E-state index contributed by atoms with van der Waals surface area (Å²) in [5, 5.41) is 7.94. The Morgan fingerprint density at radius 2 is 1.24 bits per heavy atom. The third-order valence-corrected chi connectivity index (χ3v) is 3.34. The molecule has 3 amide bonds. The SMILES string of the molecule is CCCOCC(=O)NCCOCCOCC(=O)NCCNC(=O)CI. The molecule has 0 unspecified atom stereocenters. The molecule has 146 valence electrons. The van der Waals surface area contributed by atoms with E-state index in [0.29, 0.717) is 43.9 Å². The van der Waals surface area contributed by atoms with E-state index < -0.39 is 0 Å². The average Bonchev–Trinajstić information content (AvgIpc) is 2.60. The number of halogens is 1. The van der Waals surface area contributed by atoms with Crippen LogP contribution in [0.25, 0.3) is 0 Å². The van der Waals surface area contributed by atoms with Crippen LogP contribution in [0.3, 0.4) is 0 Å². The highest BCUT2D eigenvalue weighted by Gasteiger charge is 2.02. The largest absolute Gasteiger partial charge is 0.377 e. The summed E-state index contributed by atoms with van der Waals surface area (Å²) >= 11 is 1.97. The van der Waals surface area contributed by atoms with Crippen molar-refractivity contribution in [3.05, 3.63) is 0 Å². The van der Waals surface area contributed by atoms with Gasteiger partial charge in [-0.05, 0) is 6.42 Å². The molecule has 0 aliphatic carbocycles. The van der Waals surface area contributed by atoms with Crippen molar-refractivity contribution < 1.29 is 28.6 Å². The van der Waals surface area contributed by atoms with E-state index in [1.54, 1.807) is 0 Å². The molecule has 10 heteroatoms. The van der Waals surface area contributed by atoms with Crippen LogP contribution in [-0.4, -0.2) is 81.4 Å². The van der Waals surface area contributed by atoms with Crippen LogP contribution in [0.15, 0.2) is 0 Å². The van der Waals surface area contributed by atoms with Gasteiger partial charge in [-0.15, -0.1) is 0 Å². The van der Waals surface area contributed by atoms with Gasteiger partial charge in [0.1, 0.15) is 13.2 Å². The molecule has 0 radical (unpaired) electrons. The van der Waals surface area contributed by atoms with Crippen molar-refractivity contribution in [1.29, 1.82) is 0 Å². The lowest BCUT2D eigenvalue weighted by Crippen LogP contribution is -2.36. The Morgan fingerprint density at radius 3 is 1.84 bits per heavy atom. The topological polar surface area (TPSA) is 115 Å². The first-order chi connectivity index (χ1) is 12.1. The monoisotopic (exact) mass is 473 g/mol. The fourth-order valence-corrected chi connectivity index (χ4v) is 1.78. The van der Waals surface area contributed by atoms with E-state index in [-0.39, 0.29) is 37.5 Å². The molecule has 0 atom stereocenters. The van der Waals surface area contributed by atoms with Gasteiger partial charge in [0.05, 0.1) is 24.2 Å².